The van der Waals surface area contributed by atoms with Crippen LogP contribution < -0.4 is 5.32 Å². The summed E-state index contributed by atoms with van der Waals surface area (Å²) in [7, 11) is -3.80. The van der Waals surface area contributed by atoms with Crippen LogP contribution >= 0.6 is 0 Å². The van der Waals surface area contributed by atoms with Crippen LogP contribution in [0, 0.1) is 0 Å². The van der Waals surface area contributed by atoms with Gasteiger partial charge in [-0.1, -0.05) is 12.6 Å². The van der Waals surface area contributed by atoms with Crippen molar-refractivity contribution < 1.29 is 32.0 Å². The van der Waals surface area contributed by atoms with E-state index in [1.165, 1.54) is 12.5 Å². The van der Waals surface area contributed by atoms with E-state index in [2.05, 4.69) is 11.9 Å². The first kappa shape index (κ1) is 24.5. The molecular weight excluding hydrogens is 366 g/mol. The molecule has 0 aromatic carbocycles. The molecule has 0 atom stereocenters. The highest BCUT2D eigenvalue weighted by atomic mass is 32.2. The van der Waals surface area contributed by atoms with Gasteiger partial charge in [-0.2, -0.15) is 8.42 Å². The number of rotatable bonds is 18. The number of hydrogen-bond acceptors (Lipinski definition) is 7. The largest absolute Gasteiger partial charge is 0.466 e. The quantitative estimate of drug-likeness (QED) is 0.146. The molecule has 0 saturated carbocycles. The van der Waals surface area contributed by atoms with Gasteiger partial charge in [0.05, 0.1) is 32.2 Å². The molecule has 0 bridgehead atoms. The molecule has 0 rings (SSSR count). The Hall–Kier alpha value is -0.523. The molecule has 8 nitrogen and oxygen atoms in total. The lowest BCUT2D eigenvalue weighted by Crippen LogP contribution is -2.21. The lowest BCUT2D eigenvalue weighted by molar-refractivity contribution is -0.144. The van der Waals surface area contributed by atoms with Crippen molar-refractivity contribution in [1.82, 2.24) is 5.32 Å². The predicted octanol–water partition coefficient (Wildman–Crippen LogP) is 0.236. The second-order valence-corrected chi connectivity index (χ2v) is 8.92. The van der Waals surface area contributed by atoms with E-state index >= 15 is 0 Å². The van der Waals surface area contributed by atoms with Crippen molar-refractivity contribution >= 4 is 25.6 Å². The van der Waals surface area contributed by atoms with Crippen molar-refractivity contribution in [2.45, 2.75) is 38.3 Å². The van der Waals surface area contributed by atoms with Crippen LogP contribution in [-0.4, -0.2) is 80.3 Å². The molecule has 10 heteroatoms. The zero-order chi connectivity index (χ0) is 18.8. The van der Waals surface area contributed by atoms with E-state index in [0.717, 1.165) is 13.1 Å². The number of ether oxygens (including phenoxy) is 3. The third-order valence-electron chi connectivity index (χ3n) is 3.23. The summed E-state index contributed by atoms with van der Waals surface area (Å²) in [5.74, 6) is -0.800. The molecule has 25 heavy (non-hydrogen) atoms. The Bertz CT molecular complexity index is 420. The average molecular weight is 400 g/mol. The van der Waals surface area contributed by atoms with Gasteiger partial charge in [-0.15, -0.1) is 0 Å². The van der Waals surface area contributed by atoms with Crippen LogP contribution in [0.2, 0.25) is 12.6 Å². The summed E-state index contributed by atoms with van der Waals surface area (Å²) < 4.78 is 45.1. The van der Waals surface area contributed by atoms with Gasteiger partial charge in [0.1, 0.15) is 0 Å². The second kappa shape index (κ2) is 16.9. The zero-order valence-electron chi connectivity index (χ0n) is 15.2. The summed E-state index contributed by atoms with van der Waals surface area (Å²) in [4.78, 5) is 11.3. The minimum atomic E-state index is -3.99. The molecule has 0 aliphatic carbocycles. The smallest absolute Gasteiger partial charge is 0.305 e. The summed E-state index contributed by atoms with van der Waals surface area (Å²) in [6.45, 7) is 6.36. The fourth-order valence-electron chi connectivity index (χ4n) is 1.91. The highest BCUT2D eigenvalue weighted by molar-refractivity contribution is 7.85. The topological polar surface area (TPSA) is 111 Å². The van der Waals surface area contributed by atoms with Crippen LogP contribution in [0.5, 0.6) is 0 Å². The molecule has 0 aliphatic heterocycles. The van der Waals surface area contributed by atoms with Crippen molar-refractivity contribution in [2.24, 2.45) is 0 Å². The fraction of sp³-hybridized carbons (Fsp3) is 0.933. The molecule has 2 N–H and O–H groups in total. The first-order valence-corrected chi connectivity index (χ1v) is 12.9. The van der Waals surface area contributed by atoms with E-state index in [1.54, 1.807) is 0 Å². The van der Waals surface area contributed by atoms with Crippen molar-refractivity contribution in [3.05, 3.63) is 0 Å². The van der Waals surface area contributed by atoms with Gasteiger partial charge in [0.2, 0.25) is 0 Å². The molecule has 0 spiro atoms. The molecule has 0 amide bonds. The minimum Gasteiger partial charge on any atom is -0.466 e. The molecular formula is C15H33NO7SSi. The molecule has 0 aromatic rings. The standard InChI is InChI=1S/C15H33NO7SSi/c1-25-14-3-6-16-7-10-22-12-11-21-8-2-5-15(17)23-9-4-13-24(18,19)20/h16H,2-14,25H2,1H3,(H,18,19,20). The Morgan fingerprint density at radius 1 is 1.00 bits per heavy atom. The summed E-state index contributed by atoms with van der Waals surface area (Å²) in [5, 5.41) is 3.33. The maximum atomic E-state index is 11.3. The van der Waals surface area contributed by atoms with Gasteiger partial charge in [-0.3, -0.25) is 9.35 Å². The lowest BCUT2D eigenvalue weighted by atomic mass is 10.3. The summed E-state index contributed by atoms with van der Waals surface area (Å²) in [5.41, 5.74) is 0. The van der Waals surface area contributed by atoms with Gasteiger partial charge < -0.3 is 19.5 Å². The third-order valence-corrected chi connectivity index (χ3v) is 5.24. The number of hydrogen-bond donors (Lipinski definition) is 2. The van der Waals surface area contributed by atoms with Crippen LogP contribution in [0.25, 0.3) is 0 Å². The zero-order valence-corrected chi connectivity index (χ0v) is 17.4. The van der Waals surface area contributed by atoms with Crippen molar-refractivity contribution in [1.29, 1.82) is 0 Å². The minimum absolute atomic E-state index is 0.0122. The Kier molecular flexibility index (Phi) is 16.6. The average Bonchev–Trinajstić information content (AvgIpc) is 2.55. The monoisotopic (exact) mass is 399 g/mol. The molecule has 0 aliphatic rings. The van der Waals surface area contributed by atoms with Crippen LogP contribution in [0.1, 0.15) is 25.7 Å². The number of carbonyl (C=O) groups is 1. The van der Waals surface area contributed by atoms with Crippen molar-refractivity contribution in [2.75, 3.05) is 51.9 Å². The molecule has 0 radical (unpaired) electrons. The Morgan fingerprint density at radius 3 is 2.40 bits per heavy atom. The first-order valence-electron chi connectivity index (χ1n) is 8.92. The van der Waals surface area contributed by atoms with Gasteiger partial charge in [0.15, 0.2) is 0 Å². The third kappa shape index (κ3) is 21.4. The lowest BCUT2D eigenvalue weighted by Gasteiger charge is -2.07. The maximum Gasteiger partial charge on any atom is 0.305 e. The molecule has 0 saturated heterocycles. The van der Waals surface area contributed by atoms with E-state index in [0.29, 0.717) is 32.8 Å². The maximum absolute atomic E-state index is 11.3. The van der Waals surface area contributed by atoms with Crippen LogP contribution in [0.3, 0.4) is 0 Å². The van der Waals surface area contributed by atoms with Crippen LogP contribution in [-0.2, 0) is 29.1 Å². The second-order valence-electron chi connectivity index (χ2n) is 5.65. The number of nitrogens with one attached hydrogen (secondary N) is 1. The Labute approximate surface area is 153 Å². The number of esters is 1. The molecule has 0 heterocycles. The Morgan fingerprint density at radius 2 is 1.72 bits per heavy atom. The molecule has 0 unspecified atom stereocenters. The van der Waals surface area contributed by atoms with Gasteiger partial charge in [0.25, 0.3) is 10.1 Å². The normalized spacial score (nSPS) is 12.1. The molecule has 150 valence electrons. The molecule has 0 fully saturated rings. The SMILES string of the molecule is C[SiH2]CCCNCCOCCOCCCC(=O)OCCCS(=O)(=O)O. The highest BCUT2D eigenvalue weighted by Crippen LogP contribution is 1.96. The summed E-state index contributed by atoms with van der Waals surface area (Å²) in [6, 6.07) is 1.39. The first-order chi connectivity index (χ1) is 12.0. The van der Waals surface area contributed by atoms with Crippen LogP contribution in [0.15, 0.2) is 0 Å². The van der Waals surface area contributed by atoms with E-state index in [4.69, 9.17) is 18.8 Å². The van der Waals surface area contributed by atoms with Gasteiger partial charge in [0, 0.05) is 29.1 Å². The molecule has 0 aromatic heterocycles. The van der Waals surface area contributed by atoms with Crippen molar-refractivity contribution in [3.8, 4) is 0 Å². The summed E-state index contributed by atoms with van der Waals surface area (Å²) >= 11 is 0. The number of carbonyl (C=O) groups excluding carboxylic acids is 1. The Balaban J connectivity index is 3.21. The predicted molar refractivity (Wildman–Crippen MR) is 99.6 cm³/mol. The summed E-state index contributed by atoms with van der Waals surface area (Å²) in [6.07, 6.45) is 2.11. The van der Waals surface area contributed by atoms with Gasteiger partial charge >= 0.3 is 5.97 Å². The van der Waals surface area contributed by atoms with Gasteiger partial charge in [-0.05, 0) is 25.8 Å². The van der Waals surface area contributed by atoms with Crippen molar-refractivity contribution in [3.63, 3.8) is 0 Å². The van der Waals surface area contributed by atoms with E-state index in [9.17, 15) is 13.2 Å². The van der Waals surface area contributed by atoms with Gasteiger partial charge in [-0.25, -0.2) is 0 Å². The van der Waals surface area contributed by atoms with Crippen LogP contribution in [0.4, 0.5) is 0 Å². The highest BCUT2D eigenvalue weighted by Gasteiger charge is 2.06. The fourth-order valence-corrected chi connectivity index (χ4v) is 3.14. The van der Waals surface area contributed by atoms with E-state index in [1.807, 2.05) is 0 Å². The van der Waals surface area contributed by atoms with E-state index in [-0.39, 0.29) is 29.0 Å². The van der Waals surface area contributed by atoms with E-state index < -0.39 is 21.8 Å².